The summed E-state index contributed by atoms with van der Waals surface area (Å²) in [6, 6.07) is 2.25. The Labute approximate surface area is 63.4 Å². The molecule has 1 heteroatoms. The largest absolute Gasteiger partial charge is 0.198 e. The van der Waals surface area contributed by atoms with Gasteiger partial charge in [0, 0.05) is 0 Å². The van der Waals surface area contributed by atoms with Crippen LogP contribution in [-0.4, -0.2) is 0 Å². The molecular weight excluding hydrogens is 122 g/mol. The van der Waals surface area contributed by atoms with Gasteiger partial charge in [-0.15, -0.1) is 0 Å². The van der Waals surface area contributed by atoms with E-state index in [9.17, 15) is 0 Å². The molecule has 0 aliphatic carbocycles. The van der Waals surface area contributed by atoms with Gasteiger partial charge in [0.05, 0.1) is 12.0 Å². The van der Waals surface area contributed by atoms with E-state index in [0.29, 0.717) is 0 Å². The summed E-state index contributed by atoms with van der Waals surface area (Å²) in [5, 5.41) is 8.58. The average Bonchev–Trinajstić information content (AvgIpc) is 1.98. The van der Waals surface area contributed by atoms with Gasteiger partial charge in [-0.1, -0.05) is 31.9 Å². The number of nitriles is 1. The van der Waals surface area contributed by atoms with Crippen molar-refractivity contribution in [3.8, 4) is 6.07 Å². The molecule has 1 atom stereocenters. The van der Waals surface area contributed by atoms with Crippen molar-refractivity contribution < 1.29 is 0 Å². The fraction of sp³-hybridized carbons (Fsp3) is 0.667. The minimum absolute atomic E-state index is 0.143. The van der Waals surface area contributed by atoms with Crippen LogP contribution in [0.4, 0.5) is 0 Å². The average molecular weight is 137 g/mol. The fourth-order valence-electron chi connectivity index (χ4n) is 0.860. The molecule has 0 rings (SSSR count). The first-order chi connectivity index (χ1) is 4.85. The molecule has 0 amide bonds. The lowest BCUT2D eigenvalue weighted by atomic mass is 10.0. The Kier molecular flexibility index (Phi) is 5.86. The number of unbranched alkanes of at least 4 members (excludes halogenated alkanes) is 1. The topological polar surface area (TPSA) is 23.8 Å². The summed E-state index contributed by atoms with van der Waals surface area (Å²) in [5.74, 6) is 0.143. The Balaban J connectivity index is 3.53. The zero-order valence-electron chi connectivity index (χ0n) is 6.80. The predicted molar refractivity (Wildman–Crippen MR) is 43.4 cm³/mol. The van der Waals surface area contributed by atoms with Gasteiger partial charge in [-0.3, -0.25) is 0 Å². The fourth-order valence-corrected chi connectivity index (χ4v) is 0.860. The van der Waals surface area contributed by atoms with E-state index < -0.39 is 0 Å². The van der Waals surface area contributed by atoms with E-state index >= 15 is 0 Å². The zero-order valence-corrected chi connectivity index (χ0v) is 6.80. The molecule has 0 saturated heterocycles. The maximum absolute atomic E-state index is 8.58. The van der Waals surface area contributed by atoms with Crippen LogP contribution in [0.1, 0.15) is 33.1 Å². The molecule has 0 spiro atoms. The molecule has 0 aromatic carbocycles. The summed E-state index contributed by atoms with van der Waals surface area (Å²) in [6.07, 6.45) is 7.26. The van der Waals surface area contributed by atoms with E-state index in [1.165, 1.54) is 6.42 Å². The molecule has 0 radical (unpaired) electrons. The van der Waals surface area contributed by atoms with Crippen LogP contribution in [0.5, 0.6) is 0 Å². The number of rotatable bonds is 4. The van der Waals surface area contributed by atoms with Gasteiger partial charge >= 0.3 is 0 Å². The van der Waals surface area contributed by atoms with Crippen molar-refractivity contribution in [1.82, 2.24) is 0 Å². The standard InChI is InChI=1S/C9H15N/c1-3-5-7-9(8-10)6-4-2/h4,6,9H,3,5,7H2,1-2H3/b6-4+. The van der Waals surface area contributed by atoms with E-state index in [-0.39, 0.29) is 5.92 Å². The molecular formula is C9H15N. The molecule has 0 bridgehead atoms. The molecule has 0 aromatic heterocycles. The van der Waals surface area contributed by atoms with Crippen LogP contribution in [0.15, 0.2) is 12.2 Å². The molecule has 0 N–H and O–H groups in total. The first-order valence-electron chi connectivity index (χ1n) is 3.87. The highest BCUT2D eigenvalue weighted by Gasteiger charge is 1.99. The van der Waals surface area contributed by atoms with E-state index in [4.69, 9.17) is 5.26 Å². The third kappa shape index (κ3) is 4.14. The lowest BCUT2D eigenvalue weighted by molar-refractivity contribution is 0.650. The minimum Gasteiger partial charge on any atom is -0.198 e. The Hall–Kier alpha value is -0.770. The van der Waals surface area contributed by atoms with Crippen molar-refractivity contribution in [2.75, 3.05) is 0 Å². The third-order valence-electron chi connectivity index (χ3n) is 1.46. The SMILES string of the molecule is C/C=C/C(C#N)CCCC. The summed E-state index contributed by atoms with van der Waals surface area (Å²) >= 11 is 0. The number of nitrogens with zero attached hydrogens (tertiary/aromatic N) is 1. The van der Waals surface area contributed by atoms with Gasteiger partial charge in [-0.2, -0.15) is 5.26 Å². The maximum atomic E-state index is 8.58. The molecule has 0 aliphatic rings. The van der Waals surface area contributed by atoms with Gasteiger partial charge in [0.15, 0.2) is 0 Å². The van der Waals surface area contributed by atoms with Gasteiger partial charge in [0.1, 0.15) is 0 Å². The third-order valence-corrected chi connectivity index (χ3v) is 1.46. The number of hydrogen-bond acceptors (Lipinski definition) is 1. The van der Waals surface area contributed by atoms with Gasteiger partial charge in [0.2, 0.25) is 0 Å². The second-order valence-corrected chi connectivity index (χ2v) is 2.40. The van der Waals surface area contributed by atoms with Crippen LogP contribution >= 0.6 is 0 Å². The molecule has 0 saturated carbocycles. The summed E-state index contributed by atoms with van der Waals surface area (Å²) in [6.45, 7) is 4.10. The summed E-state index contributed by atoms with van der Waals surface area (Å²) < 4.78 is 0. The van der Waals surface area contributed by atoms with Crippen LogP contribution in [0.25, 0.3) is 0 Å². The molecule has 10 heavy (non-hydrogen) atoms. The van der Waals surface area contributed by atoms with Crippen LogP contribution in [0.3, 0.4) is 0 Å². The molecule has 0 aromatic rings. The van der Waals surface area contributed by atoms with Gasteiger partial charge in [-0.25, -0.2) is 0 Å². The quantitative estimate of drug-likeness (QED) is 0.546. The highest BCUT2D eigenvalue weighted by atomic mass is 14.3. The Bertz CT molecular complexity index is 130. The predicted octanol–water partition coefficient (Wildman–Crippen LogP) is 2.89. The molecule has 1 unspecified atom stereocenters. The Morgan fingerprint density at radius 1 is 1.60 bits per heavy atom. The molecule has 56 valence electrons. The van der Waals surface area contributed by atoms with E-state index in [1.54, 1.807) is 0 Å². The monoisotopic (exact) mass is 137 g/mol. The normalized spacial score (nSPS) is 13.3. The summed E-state index contributed by atoms with van der Waals surface area (Å²) in [7, 11) is 0. The van der Waals surface area contributed by atoms with Crippen LogP contribution < -0.4 is 0 Å². The second kappa shape index (κ2) is 6.35. The molecule has 1 nitrogen and oxygen atoms in total. The van der Waals surface area contributed by atoms with Crippen molar-refractivity contribution in [2.24, 2.45) is 5.92 Å². The van der Waals surface area contributed by atoms with Crippen molar-refractivity contribution in [3.63, 3.8) is 0 Å². The molecule has 0 aliphatic heterocycles. The van der Waals surface area contributed by atoms with Gasteiger partial charge in [-0.05, 0) is 13.3 Å². The van der Waals surface area contributed by atoms with Crippen LogP contribution in [0.2, 0.25) is 0 Å². The van der Waals surface area contributed by atoms with E-state index in [0.717, 1.165) is 12.8 Å². The Morgan fingerprint density at radius 2 is 2.30 bits per heavy atom. The highest BCUT2D eigenvalue weighted by Crippen LogP contribution is 2.08. The van der Waals surface area contributed by atoms with Crippen molar-refractivity contribution in [2.45, 2.75) is 33.1 Å². The van der Waals surface area contributed by atoms with E-state index in [1.807, 2.05) is 19.1 Å². The maximum Gasteiger partial charge on any atom is 0.0697 e. The number of hydrogen-bond donors (Lipinski definition) is 0. The van der Waals surface area contributed by atoms with Gasteiger partial charge < -0.3 is 0 Å². The lowest BCUT2D eigenvalue weighted by Gasteiger charge is -1.99. The van der Waals surface area contributed by atoms with Crippen molar-refractivity contribution >= 4 is 0 Å². The zero-order chi connectivity index (χ0) is 7.82. The Morgan fingerprint density at radius 3 is 2.70 bits per heavy atom. The van der Waals surface area contributed by atoms with Crippen molar-refractivity contribution in [1.29, 1.82) is 5.26 Å². The summed E-state index contributed by atoms with van der Waals surface area (Å²) in [5.41, 5.74) is 0. The molecule has 0 fully saturated rings. The highest BCUT2D eigenvalue weighted by molar-refractivity contribution is 4.98. The smallest absolute Gasteiger partial charge is 0.0697 e. The lowest BCUT2D eigenvalue weighted by Crippen LogP contribution is -1.90. The van der Waals surface area contributed by atoms with Crippen LogP contribution in [0, 0.1) is 17.2 Å². The van der Waals surface area contributed by atoms with Crippen LogP contribution in [-0.2, 0) is 0 Å². The second-order valence-electron chi connectivity index (χ2n) is 2.40. The number of allylic oxidation sites excluding steroid dienone is 2. The summed E-state index contributed by atoms with van der Waals surface area (Å²) in [4.78, 5) is 0. The minimum atomic E-state index is 0.143. The van der Waals surface area contributed by atoms with Gasteiger partial charge in [0.25, 0.3) is 0 Å². The van der Waals surface area contributed by atoms with E-state index in [2.05, 4.69) is 13.0 Å². The molecule has 0 heterocycles. The first kappa shape index (κ1) is 9.23. The first-order valence-corrected chi connectivity index (χ1v) is 3.87. The van der Waals surface area contributed by atoms with Crippen molar-refractivity contribution in [3.05, 3.63) is 12.2 Å².